The summed E-state index contributed by atoms with van der Waals surface area (Å²) in [6.45, 7) is 3.76. The summed E-state index contributed by atoms with van der Waals surface area (Å²) in [5.74, 6) is 1.13. The van der Waals surface area contributed by atoms with Gasteiger partial charge in [-0.25, -0.2) is 0 Å². The summed E-state index contributed by atoms with van der Waals surface area (Å²) in [5.41, 5.74) is 3.11. The van der Waals surface area contributed by atoms with Crippen LogP contribution in [0, 0.1) is 0 Å². The van der Waals surface area contributed by atoms with Crippen LogP contribution >= 0.6 is 0 Å². The van der Waals surface area contributed by atoms with Crippen LogP contribution in [0.4, 0.5) is 0 Å². The molecule has 0 saturated heterocycles. The highest BCUT2D eigenvalue weighted by molar-refractivity contribution is 5.94. The lowest BCUT2D eigenvalue weighted by Crippen LogP contribution is -2.39. The Kier molecular flexibility index (Phi) is 7.68. The number of carbonyl (C=O) groups is 1. The molecule has 2 aromatic rings. The zero-order chi connectivity index (χ0) is 18.8. The molecular weight excluding hydrogens is 324 g/mol. The molecule has 3 N–H and O–H groups in total. The van der Waals surface area contributed by atoms with Gasteiger partial charge >= 0.3 is 0 Å². The molecule has 5 nitrogen and oxygen atoms in total. The van der Waals surface area contributed by atoms with Gasteiger partial charge in [0.1, 0.15) is 0 Å². The average molecular weight is 352 g/mol. The van der Waals surface area contributed by atoms with Crippen molar-refractivity contribution in [2.75, 3.05) is 27.2 Å². The molecule has 0 aromatic heterocycles. The lowest BCUT2D eigenvalue weighted by atomic mass is 10.0. The molecule has 1 atom stereocenters. The number of hydrogen-bond acceptors (Lipinski definition) is 2. The second-order valence-electron chi connectivity index (χ2n) is 6.22. The first-order chi connectivity index (χ1) is 12.6. The van der Waals surface area contributed by atoms with Crippen LogP contribution in [0.3, 0.4) is 0 Å². The van der Waals surface area contributed by atoms with Crippen molar-refractivity contribution in [1.82, 2.24) is 16.0 Å². The minimum absolute atomic E-state index is 0.0628. The van der Waals surface area contributed by atoms with Crippen LogP contribution in [0.1, 0.15) is 34.3 Å². The number of nitrogens with zero attached hydrogens (tertiary/aromatic N) is 1. The third-order valence-electron chi connectivity index (χ3n) is 4.29. The number of carbonyl (C=O) groups excluding carboxylic acids is 1. The Morgan fingerprint density at radius 1 is 1.08 bits per heavy atom. The molecule has 5 heteroatoms. The molecule has 0 aliphatic rings. The fourth-order valence-corrected chi connectivity index (χ4v) is 2.71. The van der Waals surface area contributed by atoms with E-state index in [-0.39, 0.29) is 5.91 Å². The van der Waals surface area contributed by atoms with Gasteiger partial charge in [0.15, 0.2) is 5.96 Å². The van der Waals surface area contributed by atoms with Gasteiger partial charge in [0, 0.05) is 32.7 Å². The van der Waals surface area contributed by atoms with E-state index in [0.717, 1.165) is 31.0 Å². The Balaban J connectivity index is 1.79. The number of hydrogen-bond donors (Lipinski definition) is 3. The lowest BCUT2D eigenvalue weighted by molar-refractivity contribution is 0.0963. The van der Waals surface area contributed by atoms with Crippen LogP contribution < -0.4 is 16.0 Å². The van der Waals surface area contributed by atoms with Crippen molar-refractivity contribution in [2.24, 2.45) is 4.99 Å². The fraction of sp³-hybridized carbons (Fsp3) is 0.333. The summed E-state index contributed by atoms with van der Waals surface area (Å²) < 4.78 is 0. The van der Waals surface area contributed by atoms with E-state index < -0.39 is 0 Å². The largest absolute Gasteiger partial charge is 0.356 e. The van der Waals surface area contributed by atoms with Crippen LogP contribution in [0.25, 0.3) is 0 Å². The number of guanidine groups is 1. The Bertz CT molecular complexity index is 728. The highest BCUT2D eigenvalue weighted by atomic mass is 16.1. The predicted octanol–water partition coefficient (Wildman–Crippen LogP) is 2.56. The zero-order valence-corrected chi connectivity index (χ0v) is 15.8. The van der Waals surface area contributed by atoms with Crippen molar-refractivity contribution in [3.05, 3.63) is 71.3 Å². The van der Waals surface area contributed by atoms with Crippen molar-refractivity contribution in [2.45, 2.75) is 19.3 Å². The van der Waals surface area contributed by atoms with Gasteiger partial charge in [-0.15, -0.1) is 0 Å². The molecule has 0 heterocycles. The maximum atomic E-state index is 11.7. The molecule has 0 fully saturated rings. The smallest absolute Gasteiger partial charge is 0.251 e. The second kappa shape index (κ2) is 10.2. The maximum Gasteiger partial charge on any atom is 0.251 e. The third-order valence-corrected chi connectivity index (χ3v) is 4.29. The molecule has 0 aliphatic carbocycles. The molecule has 2 aromatic carbocycles. The average Bonchev–Trinajstić information content (AvgIpc) is 2.70. The number of amides is 1. The van der Waals surface area contributed by atoms with E-state index in [1.165, 1.54) is 5.56 Å². The highest BCUT2D eigenvalue weighted by Crippen LogP contribution is 2.12. The standard InChI is InChI=1S/C21H28N4O/c1-16(18-9-5-4-6-10-18)15-25-21(23-3)24-13-12-17-8-7-11-19(14-17)20(26)22-2/h4-11,14,16H,12-13,15H2,1-3H3,(H,22,26)(H2,23,24,25). The number of aliphatic imine (C=N–C) groups is 1. The summed E-state index contributed by atoms with van der Waals surface area (Å²) in [6, 6.07) is 18.1. The van der Waals surface area contributed by atoms with E-state index in [1.54, 1.807) is 14.1 Å². The quantitative estimate of drug-likeness (QED) is 0.530. The van der Waals surface area contributed by atoms with Crippen molar-refractivity contribution >= 4 is 11.9 Å². The van der Waals surface area contributed by atoms with Crippen LogP contribution in [-0.2, 0) is 6.42 Å². The molecule has 1 amide bonds. The number of benzene rings is 2. The maximum absolute atomic E-state index is 11.7. The Morgan fingerprint density at radius 2 is 1.85 bits per heavy atom. The molecule has 138 valence electrons. The van der Waals surface area contributed by atoms with Gasteiger partial charge in [0.05, 0.1) is 0 Å². The molecule has 2 rings (SSSR count). The minimum Gasteiger partial charge on any atom is -0.356 e. The molecule has 26 heavy (non-hydrogen) atoms. The van der Waals surface area contributed by atoms with Gasteiger partial charge in [0.25, 0.3) is 5.91 Å². The van der Waals surface area contributed by atoms with E-state index in [9.17, 15) is 4.79 Å². The van der Waals surface area contributed by atoms with Gasteiger partial charge in [-0.3, -0.25) is 9.79 Å². The molecule has 1 unspecified atom stereocenters. The Labute approximate surface area is 155 Å². The van der Waals surface area contributed by atoms with Crippen molar-refractivity contribution in [1.29, 1.82) is 0 Å². The molecule has 0 radical (unpaired) electrons. The van der Waals surface area contributed by atoms with Crippen molar-refractivity contribution < 1.29 is 4.79 Å². The minimum atomic E-state index is -0.0628. The first-order valence-electron chi connectivity index (χ1n) is 8.94. The molecule has 0 spiro atoms. The first kappa shape index (κ1) is 19.5. The lowest BCUT2D eigenvalue weighted by Gasteiger charge is -2.16. The first-order valence-corrected chi connectivity index (χ1v) is 8.94. The SMILES string of the molecule is CN=C(NCCc1cccc(C(=O)NC)c1)NCC(C)c1ccccc1. The Hall–Kier alpha value is -2.82. The van der Waals surface area contributed by atoms with Crippen LogP contribution in [-0.4, -0.2) is 39.1 Å². The molecule has 0 bridgehead atoms. The summed E-state index contributed by atoms with van der Waals surface area (Å²) in [7, 11) is 3.41. The van der Waals surface area contributed by atoms with Crippen LogP contribution in [0.2, 0.25) is 0 Å². The van der Waals surface area contributed by atoms with Crippen LogP contribution in [0.5, 0.6) is 0 Å². The molecular formula is C21H28N4O. The molecule has 0 saturated carbocycles. The fourth-order valence-electron chi connectivity index (χ4n) is 2.71. The molecule has 0 aliphatic heterocycles. The van der Waals surface area contributed by atoms with Crippen molar-refractivity contribution in [3.63, 3.8) is 0 Å². The summed E-state index contributed by atoms with van der Waals surface area (Å²) in [6.07, 6.45) is 0.819. The van der Waals surface area contributed by atoms with E-state index in [0.29, 0.717) is 11.5 Å². The predicted molar refractivity (Wildman–Crippen MR) is 108 cm³/mol. The summed E-state index contributed by atoms with van der Waals surface area (Å²) in [4.78, 5) is 16.0. The second-order valence-corrected chi connectivity index (χ2v) is 6.22. The van der Waals surface area contributed by atoms with Gasteiger partial charge in [-0.2, -0.15) is 0 Å². The van der Waals surface area contributed by atoms with Gasteiger partial charge in [0.2, 0.25) is 0 Å². The van der Waals surface area contributed by atoms with Crippen molar-refractivity contribution in [3.8, 4) is 0 Å². The highest BCUT2D eigenvalue weighted by Gasteiger charge is 2.07. The number of rotatable bonds is 7. The topological polar surface area (TPSA) is 65.5 Å². The summed E-state index contributed by atoms with van der Waals surface area (Å²) in [5, 5.41) is 9.34. The van der Waals surface area contributed by atoms with E-state index in [2.05, 4.69) is 52.1 Å². The monoisotopic (exact) mass is 352 g/mol. The third kappa shape index (κ3) is 5.92. The van der Waals surface area contributed by atoms with E-state index in [4.69, 9.17) is 0 Å². The van der Waals surface area contributed by atoms with E-state index >= 15 is 0 Å². The summed E-state index contributed by atoms with van der Waals surface area (Å²) >= 11 is 0. The van der Waals surface area contributed by atoms with Crippen LogP contribution in [0.15, 0.2) is 59.6 Å². The van der Waals surface area contributed by atoms with Gasteiger partial charge in [-0.05, 0) is 35.6 Å². The Morgan fingerprint density at radius 3 is 2.54 bits per heavy atom. The number of nitrogens with one attached hydrogen (secondary N) is 3. The van der Waals surface area contributed by atoms with Gasteiger partial charge in [-0.1, -0.05) is 49.4 Å². The van der Waals surface area contributed by atoms with Gasteiger partial charge < -0.3 is 16.0 Å². The zero-order valence-electron chi connectivity index (χ0n) is 15.8. The normalized spacial score (nSPS) is 12.3. The van der Waals surface area contributed by atoms with E-state index in [1.807, 2.05) is 30.3 Å².